The van der Waals surface area contributed by atoms with Crippen molar-refractivity contribution in [2.75, 3.05) is 34.6 Å². The molecular weight excluding hydrogens is 502 g/mol. The molecule has 2 heterocycles. The van der Waals surface area contributed by atoms with Gasteiger partial charge in [0.05, 0.1) is 0 Å². The van der Waals surface area contributed by atoms with Gasteiger partial charge in [-0.15, -0.1) is 0 Å². The number of alkyl halides is 2. The molecule has 1 unspecified atom stereocenters. The summed E-state index contributed by atoms with van der Waals surface area (Å²) in [7, 11) is 1.79. The topological polar surface area (TPSA) is 107 Å². The number of benzene rings is 2. The van der Waals surface area contributed by atoms with Gasteiger partial charge >= 0.3 is 0 Å². The van der Waals surface area contributed by atoms with Crippen LogP contribution in [0, 0.1) is 6.92 Å². The molecule has 4 rings (SSSR count). The Bertz CT molecular complexity index is 1370. The Morgan fingerprint density at radius 2 is 1.92 bits per heavy atom. The van der Waals surface area contributed by atoms with E-state index in [1.165, 1.54) is 18.5 Å². The molecule has 1 amide bonds. The van der Waals surface area contributed by atoms with Gasteiger partial charge in [-0.3, -0.25) is 4.79 Å². The number of hydrogen-bond donors (Lipinski definition) is 4. The number of aromatic nitrogens is 2. The minimum atomic E-state index is -3.07. The van der Waals surface area contributed by atoms with Crippen LogP contribution in [0.4, 0.5) is 31.8 Å². The Morgan fingerprint density at radius 3 is 2.64 bits per heavy atom. The van der Waals surface area contributed by atoms with Crippen molar-refractivity contribution in [1.29, 1.82) is 0 Å². The van der Waals surface area contributed by atoms with E-state index in [0.29, 0.717) is 42.4 Å². The molecule has 1 aliphatic rings. The number of rotatable bonds is 10. The summed E-state index contributed by atoms with van der Waals surface area (Å²) in [5.41, 5.74) is 3.85. The Balaban J connectivity index is 1.55. The quantitative estimate of drug-likeness (QED) is 0.278. The minimum absolute atomic E-state index is 0.173. The number of amides is 1. The first kappa shape index (κ1) is 27.9. The third-order valence-corrected chi connectivity index (χ3v) is 6.36. The lowest BCUT2D eigenvalue weighted by Gasteiger charge is -2.25. The fraction of sp³-hybridized carbons (Fsp3) is 0.357. The van der Waals surface area contributed by atoms with Crippen molar-refractivity contribution in [3.63, 3.8) is 0 Å². The van der Waals surface area contributed by atoms with E-state index in [9.17, 15) is 13.6 Å². The number of carbonyl (C=O) groups excluding carboxylic acids is 1. The zero-order valence-corrected chi connectivity index (χ0v) is 22.8. The number of aryl methyl sites for hydroxylation is 1. The van der Waals surface area contributed by atoms with Crippen molar-refractivity contribution in [3.05, 3.63) is 71.0 Å². The Hall–Kier alpha value is -4.12. The third kappa shape index (κ3) is 6.85. The normalized spacial score (nSPS) is 15.2. The summed E-state index contributed by atoms with van der Waals surface area (Å²) in [5.74, 6) is -2.20. The molecule has 0 radical (unpaired) electrons. The maximum absolute atomic E-state index is 14.2. The predicted molar refractivity (Wildman–Crippen MR) is 152 cm³/mol. The lowest BCUT2D eigenvalue weighted by molar-refractivity contribution is 0.0173. The molecule has 1 aromatic heterocycles. The number of anilines is 4. The highest BCUT2D eigenvalue weighted by Crippen LogP contribution is 2.30. The molecule has 1 atom stereocenters. The Kier molecular flexibility index (Phi) is 8.39. The molecule has 39 heavy (non-hydrogen) atoms. The lowest BCUT2D eigenvalue weighted by Crippen LogP contribution is -2.34. The van der Waals surface area contributed by atoms with Crippen LogP contribution in [0.1, 0.15) is 54.2 Å². The van der Waals surface area contributed by atoms with Gasteiger partial charge in [0.1, 0.15) is 18.3 Å². The molecule has 9 nitrogen and oxygen atoms in total. The van der Waals surface area contributed by atoms with Crippen LogP contribution >= 0.6 is 0 Å². The van der Waals surface area contributed by atoms with E-state index < -0.39 is 11.8 Å². The van der Waals surface area contributed by atoms with Crippen molar-refractivity contribution in [3.8, 4) is 0 Å². The van der Waals surface area contributed by atoms with E-state index in [4.69, 9.17) is 0 Å². The zero-order chi connectivity index (χ0) is 28.2. The highest BCUT2D eigenvalue weighted by atomic mass is 19.3. The number of hydrogen-bond acceptors (Lipinski definition) is 8. The molecule has 4 N–H and O–H groups in total. The molecule has 1 aliphatic heterocycles. The fourth-order valence-electron chi connectivity index (χ4n) is 4.28. The molecule has 3 aromatic rings. The molecule has 206 valence electrons. The summed E-state index contributed by atoms with van der Waals surface area (Å²) in [6.45, 7) is 7.75. The van der Waals surface area contributed by atoms with Crippen LogP contribution in [0.15, 0.2) is 53.9 Å². The summed E-state index contributed by atoms with van der Waals surface area (Å²) in [4.78, 5) is 21.7. The van der Waals surface area contributed by atoms with Gasteiger partial charge in [-0.05, 0) is 61.9 Å². The predicted octanol–water partition coefficient (Wildman–Crippen LogP) is 5.32. The Labute approximate surface area is 227 Å². The maximum Gasteiger partial charge on any atom is 0.270 e. The van der Waals surface area contributed by atoms with Crippen LogP contribution in [0.3, 0.4) is 0 Å². The van der Waals surface area contributed by atoms with Crippen LogP contribution in [-0.2, 0) is 12.5 Å². The first-order valence-corrected chi connectivity index (χ1v) is 12.8. The highest BCUT2D eigenvalue weighted by molar-refractivity contribution is 6.04. The number of halogens is 2. The number of hydrazone groups is 1. The van der Waals surface area contributed by atoms with Crippen LogP contribution in [-0.4, -0.2) is 41.3 Å². The minimum Gasteiger partial charge on any atom is -0.373 e. The molecule has 0 aliphatic carbocycles. The van der Waals surface area contributed by atoms with Crippen LogP contribution in [0.2, 0.25) is 0 Å². The first-order valence-electron chi connectivity index (χ1n) is 12.8. The van der Waals surface area contributed by atoms with Gasteiger partial charge in [0.25, 0.3) is 11.8 Å². The van der Waals surface area contributed by atoms with Gasteiger partial charge in [-0.25, -0.2) is 23.8 Å². The molecule has 0 saturated heterocycles. The molecule has 11 heteroatoms. The van der Waals surface area contributed by atoms with Gasteiger partial charge in [0.2, 0.25) is 0 Å². The number of nitrogens with zero attached hydrogens (tertiary/aromatic N) is 4. The largest absolute Gasteiger partial charge is 0.373 e. The number of nitrogens with one attached hydrogen (secondary N) is 4. The van der Waals surface area contributed by atoms with Gasteiger partial charge in [0.15, 0.2) is 5.82 Å². The second-order valence-electron chi connectivity index (χ2n) is 9.63. The average Bonchev–Trinajstić information content (AvgIpc) is 3.28. The van der Waals surface area contributed by atoms with Crippen molar-refractivity contribution in [1.82, 2.24) is 15.3 Å². The average molecular weight is 537 g/mol. The summed E-state index contributed by atoms with van der Waals surface area (Å²) in [6, 6.07) is 11.6. The van der Waals surface area contributed by atoms with Crippen LogP contribution < -0.4 is 26.3 Å². The molecule has 0 saturated carbocycles. The van der Waals surface area contributed by atoms with E-state index in [2.05, 4.69) is 36.3 Å². The summed E-state index contributed by atoms with van der Waals surface area (Å²) >= 11 is 0. The second kappa shape index (κ2) is 11.7. The first-order chi connectivity index (χ1) is 18.6. The van der Waals surface area contributed by atoms with E-state index in [0.717, 1.165) is 23.9 Å². The monoisotopic (exact) mass is 536 g/mol. The van der Waals surface area contributed by atoms with Crippen molar-refractivity contribution >= 4 is 34.6 Å². The van der Waals surface area contributed by atoms with Crippen LogP contribution in [0.25, 0.3) is 0 Å². The zero-order valence-electron chi connectivity index (χ0n) is 22.8. The highest BCUT2D eigenvalue weighted by Gasteiger charge is 2.28. The summed E-state index contributed by atoms with van der Waals surface area (Å²) in [6.07, 6.45) is 1.95. The third-order valence-electron chi connectivity index (χ3n) is 6.36. The van der Waals surface area contributed by atoms with E-state index in [1.807, 2.05) is 44.0 Å². The van der Waals surface area contributed by atoms with E-state index in [-0.39, 0.29) is 17.3 Å². The van der Waals surface area contributed by atoms with Gasteiger partial charge in [-0.1, -0.05) is 13.0 Å². The molecule has 0 spiro atoms. The number of carbonyl (C=O) groups is 1. The maximum atomic E-state index is 14.2. The summed E-state index contributed by atoms with van der Waals surface area (Å²) in [5, 5.41) is 19.0. The smallest absolute Gasteiger partial charge is 0.270 e. The van der Waals surface area contributed by atoms with Crippen LogP contribution in [0.5, 0.6) is 0 Å². The lowest BCUT2D eigenvalue weighted by atomic mass is 10.0. The molecule has 2 aromatic carbocycles. The van der Waals surface area contributed by atoms with E-state index >= 15 is 0 Å². The van der Waals surface area contributed by atoms with Crippen molar-refractivity contribution in [2.45, 2.75) is 52.7 Å². The second-order valence-corrected chi connectivity index (χ2v) is 9.63. The standard InChI is InChI=1S/C28H34F2N8O/c1-6-32-15-19-10-20(12-21(11-19)28(4,29)30)27(39)35-22-8-7-17(2)23(13-22)36-26-9-18(3)37-38(26)25-14-24(31-5)33-16-34-25/h7-8,10-14,16,26,32,36H,6,9,15H2,1-5H3,(H,35,39)(H,31,33,34). The molecule has 0 fully saturated rings. The van der Waals surface area contributed by atoms with Crippen molar-refractivity contribution < 1.29 is 13.6 Å². The van der Waals surface area contributed by atoms with Gasteiger partial charge in [0, 0.05) is 61.2 Å². The SMILES string of the molecule is CCNCc1cc(C(=O)Nc2ccc(C)c(NC3CC(C)=NN3c3cc(NC)ncn3)c2)cc(C(C)(F)F)c1. The summed E-state index contributed by atoms with van der Waals surface area (Å²) < 4.78 is 28.3. The molecular formula is C28H34F2N8O. The van der Waals surface area contributed by atoms with E-state index in [1.54, 1.807) is 19.2 Å². The van der Waals surface area contributed by atoms with Crippen molar-refractivity contribution in [2.24, 2.45) is 5.10 Å². The fourth-order valence-corrected chi connectivity index (χ4v) is 4.28. The van der Waals surface area contributed by atoms with Gasteiger partial charge in [-0.2, -0.15) is 5.10 Å². The molecule has 0 bridgehead atoms. The van der Waals surface area contributed by atoms with Gasteiger partial charge < -0.3 is 21.3 Å². The Morgan fingerprint density at radius 1 is 1.13 bits per heavy atom.